The highest BCUT2D eigenvalue weighted by molar-refractivity contribution is 9.10. The van der Waals surface area contributed by atoms with Crippen LogP contribution >= 0.6 is 15.9 Å². The van der Waals surface area contributed by atoms with Crippen molar-refractivity contribution in [2.24, 2.45) is 0 Å². The standard InChI is InChI=1S/C25H22BrN3O3/c26-19-11-9-18(10-12-19)24-20(15-27)23(30)14-21(28-24)22-8-4-5-13-29(22)25(31)32-16-17-6-2-1-3-7-17/h1-3,6-7,9-12,14,22H,4-5,8,13,16H2,(H,28,30). The molecule has 1 amide bonds. The molecule has 162 valence electrons. The first-order valence-electron chi connectivity index (χ1n) is 10.5. The minimum Gasteiger partial charge on any atom is -0.445 e. The number of rotatable bonds is 4. The lowest BCUT2D eigenvalue weighted by atomic mass is 9.97. The molecule has 2 aromatic carbocycles. The number of amides is 1. The van der Waals surface area contributed by atoms with Gasteiger partial charge in [0, 0.05) is 22.8 Å². The van der Waals surface area contributed by atoms with Crippen molar-refractivity contribution in [1.29, 1.82) is 5.26 Å². The first kappa shape index (κ1) is 21.8. The molecule has 0 aliphatic carbocycles. The largest absolute Gasteiger partial charge is 0.445 e. The molecule has 1 N–H and O–H groups in total. The number of H-pyrrole nitrogens is 1. The number of hydrogen-bond acceptors (Lipinski definition) is 4. The number of aromatic amines is 1. The normalized spacial score (nSPS) is 15.8. The van der Waals surface area contributed by atoms with Crippen LogP contribution < -0.4 is 5.43 Å². The van der Waals surface area contributed by atoms with Crippen molar-refractivity contribution in [2.75, 3.05) is 6.54 Å². The maximum atomic E-state index is 12.9. The van der Waals surface area contributed by atoms with Crippen LogP contribution in [0.4, 0.5) is 4.79 Å². The number of carbonyl (C=O) groups excluding carboxylic acids is 1. The molecule has 4 rings (SSSR count). The number of benzene rings is 2. The lowest BCUT2D eigenvalue weighted by Gasteiger charge is -2.35. The third kappa shape index (κ3) is 4.76. The van der Waals surface area contributed by atoms with Gasteiger partial charge in [0.05, 0.1) is 11.7 Å². The highest BCUT2D eigenvalue weighted by Crippen LogP contribution is 2.32. The number of ether oxygens (including phenoxy) is 1. The maximum Gasteiger partial charge on any atom is 0.410 e. The quantitative estimate of drug-likeness (QED) is 0.518. The molecule has 1 unspecified atom stereocenters. The number of halogens is 1. The molecule has 1 aliphatic rings. The number of hydrogen-bond donors (Lipinski definition) is 1. The fourth-order valence-corrected chi connectivity index (χ4v) is 4.24. The molecule has 1 atom stereocenters. The Kier molecular flexibility index (Phi) is 6.72. The van der Waals surface area contributed by atoms with E-state index < -0.39 is 6.09 Å². The van der Waals surface area contributed by atoms with Crippen LogP contribution in [0.25, 0.3) is 11.3 Å². The lowest BCUT2D eigenvalue weighted by molar-refractivity contribution is 0.0669. The molecule has 1 aromatic heterocycles. The number of nitrogens with one attached hydrogen (secondary N) is 1. The topological polar surface area (TPSA) is 86.2 Å². The van der Waals surface area contributed by atoms with Crippen LogP contribution in [0.3, 0.4) is 0 Å². The first-order valence-corrected chi connectivity index (χ1v) is 11.3. The highest BCUT2D eigenvalue weighted by atomic mass is 79.9. The first-order chi connectivity index (χ1) is 15.6. The Bertz CT molecular complexity index is 1200. The van der Waals surface area contributed by atoms with E-state index in [1.807, 2.05) is 60.7 Å². The number of nitrogens with zero attached hydrogens (tertiary/aromatic N) is 2. The van der Waals surface area contributed by atoms with E-state index in [0.29, 0.717) is 24.4 Å². The average Bonchev–Trinajstić information content (AvgIpc) is 2.83. The number of piperidine rings is 1. The maximum absolute atomic E-state index is 12.9. The molecule has 1 fully saturated rings. The summed E-state index contributed by atoms with van der Waals surface area (Å²) in [6.07, 6.45) is 2.11. The molecule has 0 saturated carbocycles. The van der Waals surface area contributed by atoms with Crippen LogP contribution in [-0.2, 0) is 11.3 Å². The minimum atomic E-state index is -0.408. The monoisotopic (exact) mass is 491 g/mol. The summed E-state index contributed by atoms with van der Waals surface area (Å²) in [5.41, 5.74) is 2.43. The van der Waals surface area contributed by atoms with Gasteiger partial charge in [-0.2, -0.15) is 5.26 Å². The third-order valence-electron chi connectivity index (χ3n) is 5.60. The van der Waals surface area contributed by atoms with Gasteiger partial charge in [0.25, 0.3) is 0 Å². The van der Waals surface area contributed by atoms with Crippen molar-refractivity contribution in [1.82, 2.24) is 9.88 Å². The van der Waals surface area contributed by atoms with Crippen molar-refractivity contribution < 1.29 is 9.53 Å². The number of nitriles is 1. The predicted molar refractivity (Wildman–Crippen MR) is 125 cm³/mol. The van der Waals surface area contributed by atoms with Gasteiger partial charge < -0.3 is 9.72 Å². The van der Waals surface area contributed by atoms with E-state index in [0.717, 1.165) is 28.4 Å². The zero-order chi connectivity index (χ0) is 22.5. The number of pyridine rings is 1. The van der Waals surface area contributed by atoms with Crippen molar-refractivity contribution in [3.8, 4) is 17.3 Å². The molecule has 0 bridgehead atoms. The second kappa shape index (κ2) is 9.84. The number of aromatic nitrogens is 1. The van der Waals surface area contributed by atoms with Crippen LogP contribution in [0.15, 0.2) is 69.9 Å². The van der Waals surface area contributed by atoms with Crippen molar-refractivity contribution in [2.45, 2.75) is 31.9 Å². The van der Waals surface area contributed by atoms with Gasteiger partial charge in [-0.05, 0) is 42.5 Å². The van der Waals surface area contributed by atoms with E-state index in [9.17, 15) is 14.9 Å². The Hall–Kier alpha value is -3.37. The van der Waals surface area contributed by atoms with Crippen LogP contribution in [0.2, 0.25) is 0 Å². The van der Waals surface area contributed by atoms with E-state index in [4.69, 9.17) is 4.74 Å². The summed E-state index contributed by atoms with van der Waals surface area (Å²) in [6, 6.07) is 20.1. The Morgan fingerprint density at radius 2 is 1.91 bits per heavy atom. The Labute approximate surface area is 194 Å². The van der Waals surface area contributed by atoms with Gasteiger partial charge >= 0.3 is 6.09 Å². The van der Waals surface area contributed by atoms with Gasteiger partial charge in [-0.3, -0.25) is 9.69 Å². The highest BCUT2D eigenvalue weighted by Gasteiger charge is 2.30. The third-order valence-corrected chi connectivity index (χ3v) is 6.13. The molecular formula is C25H22BrN3O3. The molecule has 2 heterocycles. The van der Waals surface area contributed by atoms with Gasteiger partial charge in [0.2, 0.25) is 0 Å². The number of likely N-dealkylation sites (tertiary alicyclic amines) is 1. The van der Waals surface area contributed by atoms with Crippen LogP contribution in [0.5, 0.6) is 0 Å². The average molecular weight is 492 g/mol. The van der Waals surface area contributed by atoms with Gasteiger partial charge in [0.15, 0.2) is 5.43 Å². The van der Waals surface area contributed by atoms with E-state index in [1.165, 1.54) is 6.07 Å². The SMILES string of the molecule is N#Cc1c(-c2ccc(Br)cc2)[nH]c(C2CCCCN2C(=O)OCc2ccccc2)cc1=O. The predicted octanol–water partition coefficient (Wildman–Crippen LogP) is 5.54. The fraction of sp³-hybridized carbons (Fsp3) is 0.240. The van der Waals surface area contributed by atoms with Crippen molar-refractivity contribution >= 4 is 22.0 Å². The van der Waals surface area contributed by atoms with E-state index in [-0.39, 0.29) is 23.6 Å². The molecule has 1 aliphatic heterocycles. The molecule has 3 aromatic rings. The summed E-state index contributed by atoms with van der Waals surface area (Å²) >= 11 is 3.41. The Morgan fingerprint density at radius 3 is 2.62 bits per heavy atom. The molecule has 1 saturated heterocycles. The summed E-state index contributed by atoms with van der Waals surface area (Å²) in [5, 5.41) is 9.57. The fourth-order valence-electron chi connectivity index (χ4n) is 3.98. The van der Waals surface area contributed by atoms with Crippen molar-refractivity contribution in [3.05, 3.63) is 92.2 Å². The van der Waals surface area contributed by atoms with Crippen molar-refractivity contribution in [3.63, 3.8) is 0 Å². The summed E-state index contributed by atoms with van der Waals surface area (Å²) < 4.78 is 6.46. The second-order valence-corrected chi connectivity index (χ2v) is 8.62. The zero-order valence-corrected chi connectivity index (χ0v) is 19.0. The Morgan fingerprint density at radius 1 is 1.16 bits per heavy atom. The van der Waals surface area contributed by atoms with Crippen LogP contribution in [0, 0.1) is 11.3 Å². The molecule has 6 nitrogen and oxygen atoms in total. The molecule has 7 heteroatoms. The van der Waals surface area contributed by atoms with Gasteiger partial charge in [-0.15, -0.1) is 0 Å². The van der Waals surface area contributed by atoms with Gasteiger partial charge in [0.1, 0.15) is 18.2 Å². The van der Waals surface area contributed by atoms with Gasteiger partial charge in [-0.1, -0.05) is 58.4 Å². The summed E-state index contributed by atoms with van der Waals surface area (Å²) in [4.78, 5) is 30.6. The minimum absolute atomic E-state index is 0.0603. The molecule has 32 heavy (non-hydrogen) atoms. The second-order valence-electron chi connectivity index (χ2n) is 7.70. The van der Waals surface area contributed by atoms with E-state index in [1.54, 1.807) is 4.90 Å². The molecule has 0 radical (unpaired) electrons. The number of carbonyl (C=O) groups is 1. The summed E-state index contributed by atoms with van der Waals surface area (Å²) in [7, 11) is 0. The lowest BCUT2D eigenvalue weighted by Crippen LogP contribution is -2.39. The summed E-state index contributed by atoms with van der Waals surface area (Å²) in [5.74, 6) is 0. The zero-order valence-electron chi connectivity index (χ0n) is 17.4. The van der Waals surface area contributed by atoms with Crippen LogP contribution in [-0.4, -0.2) is 22.5 Å². The van der Waals surface area contributed by atoms with E-state index >= 15 is 0 Å². The van der Waals surface area contributed by atoms with Gasteiger partial charge in [-0.25, -0.2) is 4.79 Å². The van der Waals surface area contributed by atoms with Crippen LogP contribution in [0.1, 0.15) is 42.1 Å². The molecule has 0 spiro atoms. The molecular weight excluding hydrogens is 470 g/mol. The smallest absolute Gasteiger partial charge is 0.410 e. The summed E-state index contributed by atoms with van der Waals surface area (Å²) in [6.45, 7) is 0.741. The Balaban J connectivity index is 1.64. The van der Waals surface area contributed by atoms with E-state index in [2.05, 4.69) is 20.9 Å².